The number of hydrogen-bond acceptors (Lipinski definition) is 1. The number of alkyl halides is 1. The van der Waals surface area contributed by atoms with Crippen molar-refractivity contribution in [1.29, 1.82) is 0 Å². The van der Waals surface area contributed by atoms with Gasteiger partial charge in [-0.1, -0.05) is 36.7 Å². The SMILES string of the molecule is CC(C)(C)C1CCCN(c2c(F)cc(CBr)cc2F)CC1. The zero-order valence-electron chi connectivity index (χ0n) is 13.1. The molecule has 0 radical (unpaired) electrons. The van der Waals surface area contributed by atoms with Crippen LogP contribution in [-0.2, 0) is 5.33 Å². The van der Waals surface area contributed by atoms with Crippen LogP contribution < -0.4 is 4.90 Å². The van der Waals surface area contributed by atoms with Crippen LogP contribution in [0.3, 0.4) is 0 Å². The summed E-state index contributed by atoms with van der Waals surface area (Å²) in [5, 5.41) is 0.465. The Kier molecular flexibility index (Phi) is 5.29. The lowest BCUT2D eigenvalue weighted by atomic mass is 9.77. The van der Waals surface area contributed by atoms with Gasteiger partial charge in [0.2, 0.25) is 0 Å². The largest absolute Gasteiger partial charge is 0.367 e. The quantitative estimate of drug-likeness (QED) is 0.629. The number of rotatable bonds is 2. The first-order valence-electron chi connectivity index (χ1n) is 7.61. The van der Waals surface area contributed by atoms with Crippen molar-refractivity contribution in [3.05, 3.63) is 29.3 Å². The fourth-order valence-electron chi connectivity index (χ4n) is 3.18. The Morgan fingerprint density at radius 3 is 2.29 bits per heavy atom. The number of halogens is 3. The summed E-state index contributed by atoms with van der Waals surface area (Å²) < 4.78 is 28.5. The van der Waals surface area contributed by atoms with Crippen LogP contribution in [0.4, 0.5) is 14.5 Å². The molecule has 0 saturated carbocycles. The monoisotopic (exact) mass is 359 g/mol. The second-order valence-corrected chi connectivity index (χ2v) is 7.58. The highest BCUT2D eigenvalue weighted by atomic mass is 79.9. The van der Waals surface area contributed by atoms with Crippen molar-refractivity contribution in [2.45, 2.75) is 45.4 Å². The molecule has 1 aliphatic heterocycles. The average molecular weight is 360 g/mol. The summed E-state index contributed by atoms with van der Waals surface area (Å²) in [5.41, 5.74) is 1.04. The van der Waals surface area contributed by atoms with Crippen molar-refractivity contribution in [1.82, 2.24) is 0 Å². The molecule has 1 fully saturated rings. The van der Waals surface area contributed by atoms with E-state index in [2.05, 4.69) is 36.7 Å². The molecule has 4 heteroatoms. The molecule has 21 heavy (non-hydrogen) atoms. The van der Waals surface area contributed by atoms with E-state index in [1.807, 2.05) is 4.90 Å². The van der Waals surface area contributed by atoms with Crippen molar-refractivity contribution in [2.75, 3.05) is 18.0 Å². The Hall–Kier alpha value is -0.640. The summed E-state index contributed by atoms with van der Waals surface area (Å²) in [6, 6.07) is 2.86. The van der Waals surface area contributed by atoms with Gasteiger partial charge in [-0.3, -0.25) is 0 Å². The molecule has 1 heterocycles. The maximum absolute atomic E-state index is 14.2. The lowest BCUT2D eigenvalue weighted by Crippen LogP contribution is -2.27. The van der Waals surface area contributed by atoms with Crippen LogP contribution in [0, 0.1) is 23.0 Å². The summed E-state index contributed by atoms with van der Waals surface area (Å²) >= 11 is 3.24. The van der Waals surface area contributed by atoms with Crippen molar-refractivity contribution in [3.8, 4) is 0 Å². The molecule has 0 bridgehead atoms. The van der Waals surface area contributed by atoms with Crippen LogP contribution >= 0.6 is 15.9 Å². The number of nitrogens with zero attached hydrogens (tertiary/aromatic N) is 1. The first-order valence-corrected chi connectivity index (χ1v) is 8.74. The maximum Gasteiger partial charge on any atom is 0.149 e. The lowest BCUT2D eigenvalue weighted by molar-refractivity contribution is 0.220. The minimum Gasteiger partial charge on any atom is -0.367 e. The summed E-state index contributed by atoms with van der Waals surface area (Å²) in [6.45, 7) is 8.20. The third-order valence-electron chi connectivity index (χ3n) is 4.50. The smallest absolute Gasteiger partial charge is 0.149 e. The fourth-order valence-corrected chi connectivity index (χ4v) is 3.51. The van der Waals surface area contributed by atoms with E-state index >= 15 is 0 Å². The third-order valence-corrected chi connectivity index (χ3v) is 5.15. The van der Waals surface area contributed by atoms with Crippen LogP contribution in [0.1, 0.15) is 45.6 Å². The Bertz CT molecular complexity index is 473. The normalized spacial score (nSPS) is 20.5. The molecule has 1 aliphatic rings. The molecular formula is C17H24BrF2N. The molecule has 118 valence electrons. The second-order valence-electron chi connectivity index (χ2n) is 7.02. The van der Waals surface area contributed by atoms with E-state index in [9.17, 15) is 8.78 Å². The number of anilines is 1. The first kappa shape index (κ1) is 16.7. The first-order chi connectivity index (χ1) is 9.82. The van der Waals surface area contributed by atoms with E-state index in [-0.39, 0.29) is 11.1 Å². The highest BCUT2D eigenvalue weighted by Gasteiger charge is 2.28. The molecule has 0 amide bonds. The molecule has 2 rings (SSSR count). The zero-order valence-corrected chi connectivity index (χ0v) is 14.6. The van der Waals surface area contributed by atoms with Gasteiger partial charge in [0.1, 0.15) is 17.3 Å². The predicted octanol–water partition coefficient (Wildman–Crippen LogP) is 5.51. The molecule has 1 aromatic rings. The van der Waals surface area contributed by atoms with Gasteiger partial charge in [-0.15, -0.1) is 0 Å². The molecular weight excluding hydrogens is 336 g/mol. The van der Waals surface area contributed by atoms with Gasteiger partial charge in [0, 0.05) is 18.4 Å². The molecule has 0 spiro atoms. The molecule has 1 atom stereocenters. The minimum atomic E-state index is -0.446. The summed E-state index contributed by atoms with van der Waals surface area (Å²) in [6.07, 6.45) is 3.10. The highest BCUT2D eigenvalue weighted by molar-refractivity contribution is 9.08. The van der Waals surface area contributed by atoms with Crippen LogP contribution in [0.25, 0.3) is 0 Å². The van der Waals surface area contributed by atoms with Gasteiger partial charge in [0.15, 0.2) is 0 Å². The van der Waals surface area contributed by atoms with Crippen molar-refractivity contribution < 1.29 is 8.78 Å². The van der Waals surface area contributed by atoms with E-state index < -0.39 is 11.6 Å². The van der Waals surface area contributed by atoms with Crippen LogP contribution in [0.15, 0.2) is 12.1 Å². The topological polar surface area (TPSA) is 3.24 Å². The van der Waals surface area contributed by atoms with Crippen molar-refractivity contribution in [2.24, 2.45) is 11.3 Å². The number of hydrogen-bond donors (Lipinski definition) is 0. The maximum atomic E-state index is 14.2. The van der Waals surface area contributed by atoms with Gasteiger partial charge in [-0.2, -0.15) is 0 Å². The molecule has 0 aromatic heterocycles. The van der Waals surface area contributed by atoms with Crippen molar-refractivity contribution >= 4 is 21.6 Å². The summed E-state index contributed by atoms with van der Waals surface area (Å²) in [5.74, 6) is -0.284. The van der Waals surface area contributed by atoms with E-state index in [1.54, 1.807) is 0 Å². The summed E-state index contributed by atoms with van der Waals surface area (Å²) in [7, 11) is 0. The zero-order chi connectivity index (χ0) is 15.6. The highest BCUT2D eigenvalue weighted by Crippen LogP contribution is 2.36. The van der Waals surface area contributed by atoms with E-state index in [0.29, 0.717) is 16.8 Å². The standard InChI is InChI=1S/C17H24BrF2N/c1-17(2,3)13-5-4-7-21(8-6-13)16-14(19)9-12(11-18)10-15(16)20/h9-10,13H,4-8,11H2,1-3H3. The summed E-state index contributed by atoms with van der Waals surface area (Å²) in [4.78, 5) is 1.88. The minimum absolute atomic E-state index is 0.147. The van der Waals surface area contributed by atoms with Crippen molar-refractivity contribution in [3.63, 3.8) is 0 Å². The third kappa shape index (κ3) is 3.97. The van der Waals surface area contributed by atoms with E-state index in [0.717, 1.165) is 32.4 Å². The second kappa shape index (κ2) is 6.64. The molecule has 1 aromatic carbocycles. The lowest BCUT2D eigenvalue weighted by Gasteiger charge is -2.30. The van der Waals surface area contributed by atoms with E-state index in [4.69, 9.17) is 0 Å². The number of benzene rings is 1. The average Bonchev–Trinajstić information content (AvgIpc) is 2.63. The Morgan fingerprint density at radius 1 is 1.14 bits per heavy atom. The van der Waals surface area contributed by atoms with Gasteiger partial charge in [0.25, 0.3) is 0 Å². The van der Waals surface area contributed by atoms with Gasteiger partial charge in [0.05, 0.1) is 0 Å². The van der Waals surface area contributed by atoms with Crippen LogP contribution in [0.2, 0.25) is 0 Å². The Labute approximate surface area is 134 Å². The van der Waals surface area contributed by atoms with Gasteiger partial charge >= 0.3 is 0 Å². The molecule has 0 N–H and O–H groups in total. The Morgan fingerprint density at radius 2 is 1.76 bits per heavy atom. The molecule has 0 aliphatic carbocycles. The molecule has 1 nitrogen and oxygen atoms in total. The predicted molar refractivity (Wildman–Crippen MR) is 88.0 cm³/mol. The molecule has 1 unspecified atom stereocenters. The van der Waals surface area contributed by atoms with Gasteiger partial charge in [-0.25, -0.2) is 8.78 Å². The molecule has 1 saturated heterocycles. The van der Waals surface area contributed by atoms with E-state index in [1.165, 1.54) is 12.1 Å². The fraction of sp³-hybridized carbons (Fsp3) is 0.647. The Balaban J connectivity index is 2.20. The van der Waals surface area contributed by atoms with Gasteiger partial charge < -0.3 is 4.90 Å². The van der Waals surface area contributed by atoms with Gasteiger partial charge in [-0.05, 0) is 48.3 Å². The van der Waals surface area contributed by atoms with Crippen LogP contribution in [0.5, 0.6) is 0 Å². The van der Waals surface area contributed by atoms with Crippen LogP contribution in [-0.4, -0.2) is 13.1 Å².